The Kier molecular flexibility index (Phi) is 5.60. The Morgan fingerprint density at radius 3 is 2.50 bits per heavy atom. The maximum atomic E-state index is 9.62. The number of benzene rings is 2. The van der Waals surface area contributed by atoms with Crippen LogP contribution in [0.1, 0.15) is 5.56 Å². The van der Waals surface area contributed by atoms with Crippen molar-refractivity contribution in [3.8, 4) is 17.3 Å². The second-order valence-corrected chi connectivity index (χ2v) is 8.93. The molecule has 6 rings (SSSR count). The fourth-order valence-corrected chi connectivity index (χ4v) is 4.63. The number of anilines is 3. The number of piperazine rings is 1. The summed E-state index contributed by atoms with van der Waals surface area (Å²) in [4.78, 5) is 23.3. The molecule has 0 bridgehead atoms. The SMILES string of the molecule is CN1CCN(c2ccc(Nc3ncc4nc(-c5ccccc5C#N)c5ccncc5c4n3)cc2)CC1. The Morgan fingerprint density at radius 2 is 1.69 bits per heavy atom. The van der Waals surface area contributed by atoms with E-state index in [1.165, 1.54) is 5.69 Å². The van der Waals surface area contributed by atoms with Gasteiger partial charge in [0, 0.05) is 66.3 Å². The summed E-state index contributed by atoms with van der Waals surface area (Å²) in [7, 11) is 2.16. The Balaban J connectivity index is 1.34. The molecule has 176 valence electrons. The van der Waals surface area contributed by atoms with Gasteiger partial charge in [0.25, 0.3) is 0 Å². The van der Waals surface area contributed by atoms with Crippen LogP contribution >= 0.6 is 0 Å². The van der Waals surface area contributed by atoms with Gasteiger partial charge in [-0.3, -0.25) is 4.98 Å². The average Bonchev–Trinajstić information content (AvgIpc) is 2.93. The lowest BCUT2D eigenvalue weighted by Crippen LogP contribution is -2.44. The lowest BCUT2D eigenvalue weighted by Gasteiger charge is -2.34. The highest BCUT2D eigenvalue weighted by atomic mass is 15.2. The summed E-state index contributed by atoms with van der Waals surface area (Å²) in [6.45, 7) is 4.22. The Bertz CT molecular complexity index is 1600. The molecule has 1 fully saturated rings. The Labute approximate surface area is 208 Å². The molecule has 0 spiro atoms. The number of aromatic nitrogens is 4. The van der Waals surface area contributed by atoms with Crippen molar-refractivity contribution in [2.45, 2.75) is 0 Å². The van der Waals surface area contributed by atoms with Crippen LogP contribution in [0.2, 0.25) is 0 Å². The molecule has 2 aromatic carbocycles. The van der Waals surface area contributed by atoms with Crippen molar-refractivity contribution in [1.82, 2.24) is 24.8 Å². The second-order valence-electron chi connectivity index (χ2n) is 8.93. The molecule has 5 aromatic rings. The van der Waals surface area contributed by atoms with Crippen LogP contribution in [0.5, 0.6) is 0 Å². The van der Waals surface area contributed by atoms with Crippen molar-refractivity contribution < 1.29 is 0 Å². The molecule has 0 unspecified atom stereocenters. The summed E-state index contributed by atoms with van der Waals surface area (Å²) in [6.07, 6.45) is 5.24. The summed E-state index contributed by atoms with van der Waals surface area (Å²) >= 11 is 0. The molecule has 1 aliphatic heterocycles. The summed E-state index contributed by atoms with van der Waals surface area (Å²) in [6, 6.07) is 20.0. The number of nitrogens with zero attached hydrogens (tertiary/aromatic N) is 7. The number of fused-ring (bicyclic) bond motifs is 3. The highest BCUT2D eigenvalue weighted by Gasteiger charge is 2.16. The minimum absolute atomic E-state index is 0.493. The van der Waals surface area contributed by atoms with Gasteiger partial charge < -0.3 is 15.1 Å². The molecule has 0 saturated carbocycles. The molecule has 36 heavy (non-hydrogen) atoms. The number of nitriles is 1. The third kappa shape index (κ3) is 4.06. The van der Waals surface area contributed by atoms with E-state index >= 15 is 0 Å². The summed E-state index contributed by atoms with van der Waals surface area (Å²) in [5.41, 5.74) is 5.57. The molecule has 8 heteroatoms. The first-order valence-corrected chi connectivity index (χ1v) is 11.9. The Hall–Kier alpha value is -4.61. The first kappa shape index (κ1) is 21.9. The van der Waals surface area contributed by atoms with Crippen LogP contribution in [0.25, 0.3) is 33.1 Å². The summed E-state index contributed by atoms with van der Waals surface area (Å²) in [5, 5.41) is 14.7. The third-order valence-electron chi connectivity index (χ3n) is 6.63. The maximum Gasteiger partial charge on any atom is 0.227 e. The number of pyridine rings is 2. The predicted octanol–water partition coefficient (Wildman–Crippen LogP) is 4.61. The van der Waals surface area contributed by atoms with Gasteiger partial charge in [0.2, 0.25) is 5.95 Å². The highest BCUT2D eigenvalue weighted by Crippen LogP contribution is 2.33. The van der Waals surface area contributed by atoms with E-state index in [-0.39, 0.29) is 0 Å². The molecule has 8 nitrogen and oxygen atoms in total. The van der Waals surface area contributed by atoms with E-state index in [9.17, 15) is 5.26 Å². The number of rotatable bonds is 4. The first-order valence-electron chi connectivity index (χ1n) is 11.9. The topological polar surface area (TPSA) is 93.9 Å². The van der Waals surface area contributed by atoms with Crippen LogP contribution in [-0.4, -0.2) is 58.1 Å². The van der Waals surface area contributed by atoms with Crippen molar-refractivity contribution in [2.75, 3.05) is 43.4 Å². The van der Waals surface area contributed by atoms with Crippen molar-refractivity contribution in [3.05, 3.63) is 78.8 Å². The molecule has 0 amide bonds. The third-order valence-corrected chi connectivity index (χ3v) is 6.63. The molecule has 1 N–H and O–H groups in total. The average molecular weight is 473 g/mol. The zero-order valence-corrected chi connectivity index (χ0v) is 19.9. The monoisotopic (exact) mass is 472 g/mol. The number of nitrogens with one attached hydrogen (secondary N) is 1. The summed E-state index contributed by atoms with van der Waals surface area (Å²) in [5.74, 6) is 0.493. The van der Waals surface area contributed by atoms with Gasteiger partial charge in [0.1, 0.15) is 11.0 Å². The zero-order valence-electron chi connectivity index (χ0n) is 19.9. The second kappa shape index (κ2) is 9.21. The quantitative estimate of drug-likeness (QED) is 0.379. The van der Waals surface area contributed by atoms with Gasteiger partial charge in [-0.05, 0) is 43.4 Å². The van der Waals surface area contributed by atoms with E-state index in [4.69, 9.17) is 9.97 Å². The molecular formula is C28H24N8. The number of hydrogen-bond donors (Lipinski definition) is 1. The number of hydrogen-bond acceptors (Lipinski definition) is 8. The van der Waals surface area contributed by atoms with Gasteiger partial charge in [0.05, 0.1) is 23.5 Å². The molecule has 1 saturated heterocycles. The zero-order chi connectivity index (χ0) is 24.5. The van der Waals surface area contributed by atoms with Crippen LogP contribution in [0.3, 0.4) is 0 Å². The van der Waals surface area contributed by atoms with Crippen LogP contribution < -0.4 is 10.2 Å². The number of likely N-dealkylation sites (N-methyl/N-ethyl adjacent to an activating group) is 1. The molecule has 4 heterocycles. The van der Waals surface area contributed by atoms with Crippen molar-refractivity contribution in [2.24, 2.45) is 0 Å². The maximum absolute atomic E-state index is 9.62. The van der Waals surface area contributed by atoms with Gasteiger partial charge in [-0.25, -0.2) is 15.0 Å². The van der Waals surface area contributed by atoms with Crippen molar-refractivity contribution in [3.63, 3.8) is 0 Å². The molecular weight excluding hydrogens is 448 g/mol. The predicted molar refractivity (Wildman–Crippen MR) is 142 cm³/mol. The minimum atomic E-state index is 0.493. The van der Waals surface area contributed by atoms with E-state index in [1.54, 1.807) is 24.7 Å². The van der Waals surface area contributed by atoms with Crippen LogP contribution in [-0.2, 0) is 0 Å². The lowest BCUT2D eigenvalue weighted by atomic mass is 10.00. The van der Waals surface area contributed by atoms with Crippen LogP contribution in [0.15, 0.2) is 73.2 Å². The minimum Gasteiger partial charge on any atom is -0.369 e. The van der Waals surface area contributed by atoms with Gasteiger partial charge >= 0.3 is 0 Å². The highest BCUT2D eigenvalue weighted by molar-refractivity contribution is 6.09. The molecule has 3 aromatic heterocycles. The van der Waals surface area contributed by atoms with Gasteiger partial charge in [0.15, 0.2) is 0 Å². The van der Waals surface area contributed by atoms with Gasteiger partial charge in [-0.2, -0.15) is 5.26 Å². The fourth-order valence-electron chi connectivity index (χ4n) is 4.63. The first-order chi connectivity index (χ1) is 17.7. The molecule has 0 atom stereocenters. The van der Waals surface area contributed by atoms with E-state index < -0.39 is 0 Å². The van der Waals surface area contributed by atoms with E-state index in [0.29, 0.717) is 22.5 Å². The fraction of sp³-hybridized carbons (Fsp3) is 0.179. The van der Waals surface area contributed by atoms with Crippen LogP contribution in [0, 0.1) is 11.3 Å². The molecule has 0 aliphatic carbocycles. The van der Waals surface area contributed by atoms with Gasteiger partial charge in [-0.1, -0.05) is 18.2 Å². The normalized spacial score (nSPS) is 14.2. The molecule has 0 radical (unpaired) electrons. The van der Waals surface area contributed by atoms with Crippen LogP contribution in [0.4, 0.5) is 17.3 Å². The summed E-state index contributed by atoms with van der Waals surface area (Å²) < 4.78 is 0. The van der Waals surface area contributed by atoms with Crippen molar-refractivity contribution in [1.29, 1.82) is 5.26 Å². The van der Waals surface area contributed by atoms with E-state index in [2.05, 4.69) is 62.5 Å². The van der Waals surface area contributed by atoms with Crippen molar-refractivity contribution >= 4 is 39.1 Å². The standard InChI is InChI=1S/C28H24N8/c1-35-12-14-36(15-13-35)21-8-6-20(7-9-21)32-28-31-18-25-27(34-28)24-17-30-11-10-23(24)26(33-25)22-5-3-2-4-19(22)16-29/h2-11,17-18H,12-15H2,1H3,(H,31,32,34). The molecule has 1 aliphatic rings. The van der Waals surface area contributed by atoms with E-state index in [1.807, 2.05) is 24.3 Å². The smallest absolute Gasteiger partial charge is 0.227 e. The Morgan fingerprint density at radius 1 is 0.889 bits per heavy atom. The largest absolute Gasteiger partial charge is 0.369 e. The van der Waals surface area contributed by atoms with Gasteiger partial charge in [-0.15, -0.1) is 0 Å². The van der Waals surface area contributed by atoms with E-state index in [0.717, 1.165) is 53.9 Å². The lowest BCUT2D eigenvalue weighted by molar-refractivity contribution is 0.313.